The van der Waals surface area contributed by atoms with Crippen LogP contribution in [0.2, 0.25) is 0 Å². The minimum atomic E-state index is -1.23. The molecule has 0 bridgehead atoms. The van der Waals surface area contributed by atoms with E-state index in [9.17, 15) is 14.7 Å². The SMILES string of the molecule is [C-]#[N+]c1cc(-c2nc(C)c(C(=O)OCC)s2)ccc1OCC(C)C.[C-]#[N+]c1cc(-c2nc(C)c(C(=O)[O-])s2)ccc1OCC(C)C.[Na+]. The minimum absolute atomic E-state index is 0. The number of ether oxygens (including phenoxy) is 3. The Morgan fingerprint density at radius 3 is 1.60 bits per heavy atom. The number of aromatic nitrogens is 2. The van der Waals surface area contributed by atoms with Gasteiger partial charge in [-0.3, -0.25) is 0 Å². The molecule has 2 aromatic carbocycles. The van der Waals surface area contributed by atoms with Gasteiger partial charge in [0.15, 0.2) is 0 Å². The Hall–Kier alpha value is -3.78. The number of hydrogen-bond acceptors (Lipinski definition) is 10. The van der Waals surface area contributed by atoms with Crippen molar-refractivity contribution in [3.8, 4) is 32.6 Å². The maximum atomic E-state index is 11.9. The fourth-order valence-corrected chi connectivity index (χ4v) is 5.70. The summed E-state index contributed by atoms with van der Waals surface area (Å²) in [6, 6.07) is 10.6. The zero-order chi connectivity index (χ0) is 34.0. The molecule has 0 aliphatic rings. The summed E-state index contributed by atoms with van der Waals surface area (Å²) in [5.74, 6) is 0.259. The first-order valence-electron chi connectivity index (χ1n) is 14.5. The molecule has 47 heavy (non-hydrogen) atoms. The second-order valence-corrected chi connectivity index (χ2v) is 12.9. The van der Waals surface area contributed by atoms with Crippen molar-refractivity contribution in [2.75, 3.05) is 19.8 Å². The number of carbonyl (C=O) groups is 2. The Morgan fingerprint density at radius 1 is 0.809 bits per heavy atom. The van der Waals surface area contributed by atoms with E-state index in [-0.39, 0.29) is 40.4 Å². The first-order chi connectivity index (χ1) is 21.9. The van der Waals surface area contributed by atoms with Crippen molar-refractivity contribution in [1.82, 2.24) is 9.97 Å². The smallest absolute Gasteiger partial charge is 0.544 e. The average molecular weight is 683 g/mol. The van der Waals surface area contributed by atoms with Crippen molar-refractivity contribution in [3.05, 3.63) is 80.4 Å². The second-order valence-electron chi connectivity index (χ2n) is 10.9. The molecule has 0 N–H and O–H groups in total. The molecular formula is C34H35N4NaO6S2. The number of carboxylic acids is 1. The molecule has 2 aromatic heterocycles. The normalized spacial score (nSPS) is 10.3. The van der Waals surface area contributed by atoms with E-state index in [0.29, 0.717) is 86.4 Å². The Balaban J connectivity index is 0.000000321. The summed E-state index contributed by atoms with van der Waals surface area (Å²) in [4.78, 5) is 39.2. The van der Waals surface area contributed by atoms with E-state index in [4.69, 9.17) is 27.4 Å². The third-order valence-electron chi connectivity index (χ3n) is 6.04. The van der Waals surface area contributed by atoms with Crippen molar-refractivity contribution in [1.29, 1.82) is 0 Å². The Labute approximate surface area is 305 Å². The monoisotopic (exact) mass is 682 g/mol. The van der Waals surface area contributed by atoms with Crippen molar-refractivity contribution in [2.24, 2.45) is 11.8 Å². The molecule has 0 fully saturated rings. The van der Waals surface area contributed by atoms with Gasteiger partial charge in [-0.05, 0) is 56.9 Å². The molecule has 2 heterocycles. The van der Waals surface area contributed by atoms with E-state index in [1.807, 2.05) is 19.9 Å². The molecule has 4 aromatic rings. The van der Waals surface area contributed by atoms with E-state index in [2.05, 4.69) is 33.5 Å². The van der Waals surface area contributed by atoms with Crippen LogP contribution in [-0.4, -0.2) is 41.7 Å². The van der Waals surface area contributed by atoms with Gasteiger partial charge in [-0.15, -0.1) is 22.7 Å². The molecule has 240 valence electrons. The van der Waals surface area contributed by atoms with Crippen LogP contribution < -0.4 is 44.1 Å². The molecule has 0 saturated heterocycles. The molecule has 0 spiro atoms. The zero-order valence-electron chi connectivity index (χ0n) is 27.8. The quantitative estimate of drug-likeness (QED) is 0.124. The summed E-state index contributed by atoms with van der Waals surface area (Å²) in [5, 5.41) is 12.2. The molecule has 0 aliphatic carbocycles. The predicted octanol–water partition coefficient (Wildman–Crippen LogP) is 4.95. The van der Waals surface area contributed by atoms with Crippen LogP contribution in [-0.2, 0) is 4.74 Å². The standard InChI is InChI=1S/C18H20N2O3S.C16H16N2O3S.Na/c1-6-22-18(21)16-12(4)20-17(24-16)13-7-8-15(14(9-13)19-5)23-10-11(2)3;1-9(2)8-21-13-6-5-11(7-12(13)17-4)15-18-10(3)14(22-15)16(19)20;/h7-9,11H,6,10H2,1-4H3;5-7,9H,8H2,1-3H3,(H,19,20);/q;;+1/p-1. The molecule has 13 heteroatoms. The largest absolute Gasteiger partial charge is 1.00 e. The van der Waals surface area contributed by atoms with E-state index < -0.39 is 5.97 Å². The second kappa shape index (κ2) is 18.5. The molecule has 0 radical (unpaired) electrons. The maximum Gasteiger partial charge on any atom is 1.00 e. The third-order valence-corrected chi connectivity index (χ3v) is 8.41. The van der Waals surface area contributed by atoms with Crippen molar-refractivity contribution < 1.29 is 58.5 Å². The number of nitrogens with zero attached hydrogens (tertiary/aromatic N) is 4. The molecule has 0 unspecified atom stereocenters. The number of aromatic carboxylic acids is 1. The van der Waals surface area contributed by atoms with Gasteiger partial charge in [0.25, 0.3) is 0 Å². The zero-order valence-corrected chi connectivity index (χ0v) is 31.4. The van der Waals surface area contributed by atoms with Crippen LogP contribution in [0.5, 0.6) is 11.5 Å². The van der Waals surface area contributed by atoms with E-state index in [0.717, 1.165) is 16.9 Å². The van der Waals surface area contributed by atoms with Gasteiger partial charge >= 0.3 is 35.5 Å². The van der Waals surface area contributed by atoms with E-state index in [1.165, 1.54) is 11.3 Å². The van der Waals surface area contributed by atoms with Gasteiger partial charge in [0.1, 0.15) is 26.4 Å². The van der Waals surface area contributed by atoms with Gasteiger partial charge in [-0.1, -0.05) is 39.8 Å². The van der Waals surface area contributed by atoms with Crippen LogP contribution >= 0.6 is 22.7 Å². The van der Waals surface area contributed by atoms with Crippen molar-refractivity contribution in [2.45, 2.75) is 48.5 Å². The van der Waals surface area contributed by atoms with Gasteiger partial charge in [-0.25, -0.2) is 24.5 Å². The number of carboxylic acid groups (broad SMARTS) is 1. The van der Waals surface area contributed by atoms with Gasteiger partial charge in [-0.2, -0.15) is 0 Å². The summed E-state index contributed by atoms with van der Waals surface area (Å²) in [6.07, 6.45) is 0. The van der Waals surface area contributed by atoms with Crippen LogP contribution in [0.1, 0.15) is 65.3 Å². The summed E-state index contributed by atoms with van der Waals surface area (Å²) in [6.45, 7) is 29.4. The summed E-state index contributed by atoms with van der Waals surface area (Å²) in [7, 11) is 0. The number of esters is 1. The summed E-state index contributed by atoms with van der Waals surface area (Å²) < 4.78 is 16.3. The van der Waals surface area contributed by atoms with Crippen LogP contribution in [0.4, 0.5) is 11.4 Å². The molecular weight excluding hydrogens is 648 g/mol. The predicted molar refractivity (Wildman–Crippen MR) is 178 cm³/mol. The molecule has 0 atom stereocenters. The Bertz CT molecular complexity index is 1790. The van der Waals surface area contributed by atoms with E-state index >= 15 is 0 Å². The number of aryl methyl sites for hydroxylation is 2. The van der Waals surface area contributed by atoms with Gasteiger partial charge in [0.2, 0.25) is 11.4 Å². The number of hydrogen-bond donors (Lipinski definition) is 0. The van der Waals surface area contributed by atoms with E-state index in [1.54, 1.807) is 51.1 Å². The van der Waals surface area contributed by atoms with Crippen molar-refractivity contribution in [3.63, 3.8) is 0 Å². The molecule has 0 aliphatic heterocycles. The van der Waals surface area contributed by atoms with Crippen LogP contribution in [0.15, 0.2) is 36.4 Å². The first-order valence-corrected chi connectivity index (χ1v) is 16.1. The fraction of sp³-hybridized carbons (Fsp3) is 0.353. The summed E-state index contributed by atoms with van der Waals surface area (Å²) in [5.41, 5.74) is 3.38. The van der Waals surface area contributed by atoms with Crippen LogP contribution in [0.25, 0.3) is 30.8 Å². The van der Waals surface area contributed by atoms with Gasteiger partial charge < -0.3 is 24.1 Å². The van der Waals surface area contributed by atoms with Crippen LogP contribution in [0.3, 0.4) is 0 Å². The van der Waals surface area contributed by atoms with Crippen molar-refractivity contribution >= 4 is 46.0 Å². The summed E-state index contributed by atoms with van der Waals surface area (Å²) >= 11 is 2.32. The average Bonchev–Trinajstić information content (AvgIpc) is 3.61. The Kier molecular flexibility index (Phi) is 15.5. The number of thiazole rings is 2. The number of benzene rings is 2. The Morgan fingerprint density at radius 2 is 1.23 bits per heavy atom. The molecule has 0 saturated carbocycles. The molecule has 4 rings (SSSR count). The molecule has 0 amide bonds. The van der Waals surface area contributed by atoms with Crippen LogP contribution in [0, 0.1) is 38.8 Å². The number of carbonyl (C=O) groups excluding carboxylic acids is 2. The number of rotatable bonds is 11. The molecule has 10 nitrogen and oxygen atoms in total. The van der Waals surface area contributed by atoms with Gasteiger partial charge in [0, 0.05) is 11.1 Å². The topological polar surface area (TPSA) is 119 Å². The third kappa shape index (κ3) is 10.9. The first kappa shape index (κ1) is 39.4. The minimum Gasteiger partial charge on any atom is -0.544 e. The van der Waals surface area contributed by atoms with Gasteiger partial charge in [0.05, 0.1) is 55.2 Å². The fourth-order valence-electron chi connectivity index (χ4n) is 3.85. The maximum absolute atomic E-state index is 11.9.